The Balaban J connectivity index is 2.07. The molecule has 0 amide bonds. The van der Waals surface area contributed by atoms with Crippen molar-refractivity contribution in [3.8, 4) is 0 Å². The SMILES string of the molecule is CCc1cnccc1CC1CCCN1. The maximum Gasteiger partial charge on any atom is 0.0302 e. The predicted octanol–water partition coefficient (Wildman–Crippen LogP) is 1.94. The first kappa shape index (κ1) is 9.66. The van der Waals surface area contributed by atoms with Gasteiger partial charge in [0, 0.05) is 18.4 Å². The van der Waals surface area contributed by atoms with E-state index in [1.54, 1.807) is 0 Å². The van der Waals surface area contributed by atoms with Crippen molar-refractivity contribution in [3.05, 3.63) is 29.6 Å². The highest BCUT2D eigenvalue weighted by molar-refractivity contribution is 5.24. The van der Waals surface area contributed by atoms with Crippen LogP contribution < -0.4 is 5.32 Å². The average molecular weight is 190 g/mol. The quantitative estimate of drug-likeness (QED) is 0.788. The van der Waals surface area contributed by atoms with Gasteiger partial charge in [-0.3, -0.25) is 4.98 Å². The fourth-order valence-corrected chi connectivity index (χ4v) is 2.17. The summed E-state index contributed by atoms with van der Waals surface area (Å²) in [5, 5.41) is 3.54. The van der Waals surface area contributed by atoms with Crippen LogP contribution in [0.5, 0.6) is 0 Å². The second-order valence-electron chi connectivity index (χ2n) is 4.00. The number of pyridine rings is 1. The molecule has 1 aromatic heterocycles. The zero-order valence-electron chi connectivity index (χ0n) is 8.79. The monoisotopic (exact) mass is 190 g/mol. The van der Waals surface area contributed by atoms with E-state index in [1.165, 1.54) is 36.9 Å². The van der Waals surface area contributed by atoms with Crippen LogP contribution in [0, 0.1) is 0 Å². The van der Waals surface area contributed by atoms with E-state index in [-0.39, 0.29) is 0 Å². The van der Waals surface area contributed by atoms with Crippen molar-refractivity contribution >= 4 is 0 Å². The molecule has 2 rings (SSSR count). The number of rotatable bonds is 3. The second-order valence-corrected chi connectivity index (χ2v) is 4.00. The second kappa shape index (κ2) is 4.56. The zero-order chi connectivity index (χ0) is 9.80. The Morgan fingerprint density at radius 2 is 2.43 bits per heavy atom. The number of hydrogen-bond acceptors (Lipinski definition) is 2. The first-order valence-corrected chi connectivity index (χ1v) is 5.55. The fourth-order valence-electron chi connectivity index (χ4n) is 2.17. The minimum Gasteiger partial charge on any atom is -0.314 e. The summed E-state index contributed by atoms with van der Waals surface area (Å²) in [4.78, 5) is 4.17. The molecule has 2 heterocycles. The zero-order valence-corrected chi connectivity index (χ0v) is 8.79. The minimum absolute atomic E-state index is 0.697. The summed E-state index contributed by atoms with van der Waals surface area (Å²) in [6.07, 6.45) is 8.83. The predicted molar refractivity (Wildman–Crippen MR) is 58.3 cm³/mol. The lowest BCUT2D eigenvalue weighted by molar-refractivity contribution is 0.600. The summed E-state index contributed by atoms with van der Waals surface area (Å²) in [5.74, 6) is 0. The Bertz CT molecular complexity index is 290. The molecule has 1 saturated heterocycles. The van der Waals surface area contributed by atoms with Gasteiger partial charge in [-0.05, 0) is 49.4 Å². The molecule has 1 N–H and O–H groups in total. The van der Waals surface area contributed by atoms with Crippen molar-refractivity contribution < 1.29 is 0 Å². The average Bonchev–Trinajstić information content (AvgIpc) is 2.71. The van der Waals surface area contributed by atoms with E-state index in [0.717, 1.165) is 6.42 Å². The number of hydrogen-bond donors (Lipinski definition) is 1. The Labute approximate surface area is 85.7 Å². The third-order valence-corrected chi connectivity index (χ3v) is 3.01. The van der Waals surface area contributed by atoms with Crippen LogP contribution in [0.15, 0.2) is 18.5 Å². The molecular weight excluding hydrogens is 172 g/mol. The van der Waals surface area contributed by atoms with E-state index in [4.69, 9.17) is 0 Å². The van der Waals surface area contributed by atoms with Gasteiger partial charge in [0.15, 0.2) is 0 Å². The van der Waals surface area contributed by atoms with Crippen LogP contribution in [-0.4, -0.2) is 17.6 Å². The molecule has 1 atom stereocenters. The molecule has 0 radical (unpaired) electrons. The number of nitrogens with zero attached hydrogens (tertiary/aromatic N) is 1. The van der Waals surface area contributed by atoms with Gasteiger partial charge in [0.1, 0.15) is 0 Å². The van der Waals surface area contributed by atoms with Crippen LogP contribution in [0.2, 0.25) is 0 Å². The van der Waals surface area contributed by atoms with E-state index in [9.17, 15) is 0 Å². The first-order valence-electron chi connectivity index (χ1n) is 5.55. The topological polar surface area (TPSA) is 24.9 Å². The fraction of sp³-hybridized carbons (Fsp3) is 0.583. The Morgan fingerprint density at radius 1 is 1.50 bits per heavy atom. The van der Waals surface area contributed by atoms with Gasteiger partial charge in [0.05, 0.1) is 0 Å². The van der Waals surface area contributed by atoms with Crippen LogP contribution >= 0.6 is 0 Å². The first-order chi connectivity index (χ1) is 6.90. The molecule has 0 bridgehead atoms. The van der Waals surface area contributed by atoms with Gasteiger partial charge in [-0.2, -0.15) is 0 Å². The lowest BCUT2D eigenvalue weighted by Gasteiger charge is -2.12. The van der Waals surface area contributed by atoms with Crippen molar-refractivity contribution in [2.45, 2.75) is 38.6 Å². The number of nitrogens with one attached hydrogen (secondary N) is 1. The van der Waals surface area contributed by atoms with Crippen LogP contribution in [-0.2, 0) is 12.8 Å². The van der Waals surface area contributed by atoms with E-state index < -0.39 is 0 Å². The highest BCUT2D eigenvalue weighted by Gasteiger charge is 2.15. The summed E-state index contributed by atoms with van der Waals surface area (Å²) in [6, 6.07) is 2.86. The van der Waals surface area contributed by atoms with Gasteiger partial charge in [0.25, 0.3) is 0 Å². The van der Waals surface area contributed by atoms with Gasteiger partial charge >= 0.3 is 0 Å². The Kier molecular flexibility index (Phi) is 3.14. The van der Waals surface area contributed by atoms with Crippen molar-refractivity contribution in [3.63, 3.8) is 0 Å². The molecule has 0 spiro atoms. The van der Waals surface area contributed by atoms with Crippen LogP contribution in [0.3, 0.4) is 0 Å². The van der Waals surface area contributed by atoms with Crippen molar-refractivity contribution in [2.75, 3.05) is 6.54 Å². The lowest BCUT2D eigenvalue weighted by Crippen LogP contribution is -2.24. The maximum absolute atomic E-state index is 4.17. The third-order valence-electron chi connectivity index (χ3n) is 3.01. The molecule has 0 aliphatic carbocycles. The molecule has 1 aliphatic heterocycles. The summed E-state index contributed by atoms with van der Waals surface area (Å²) in [6.45, 7) is 3.39. The normalized spacial score (nSPS) is 21.4. The maximum atomic E-state index is 4.17. The van der Waals surface area contributed by atoms with Crippen LogP contribution in [0.4, 0.5) is 0 Å². The molecule has 0 aromatic carbocycles. The Morgan fingerprint density at radius 3 is 3.14 bits per heavy atom. The van der Waals surface area contributed by atoms with E-state index in [2.05, 4.69) is 23.3 Å². The highest BCUT2D eigenvalue weighted by Crippen LogP contribution is 2.15. The smallest absolute Gasteiger partial charge is 0.0302 e. The molecule has 2 nitrogen and oxygen atoms in total. The number of aryl methyl sites for hydroxylation is 1. The van der Waals surface area contributed by atoms with Crippen LogP contribution in [0.25, 0.3) is 0 Å². The van der Waals surface area contributed by atoms with E-state index >= 15 is 0 Å². The molecule has 14 heavy (non-hydrogen) atoms. The lowest BCUT2D eigenvalue weighted by atomic mass is 10.00. The molecule has 1 aromatic rings. The van der Waals surface area contributed by atoms with Crippen LogP contribution in [0.1, 0.15) is 30.9 Å². The van der Waals surface area contributed by atoms with Crippen molar-refractivity contribution in [1.29, 1.82) is 0 Å². The molecule has 2 heteroatoms. The van der Waals surface area contributed by atoms with Gasteiger partial charge in [0.2, 0.25) is 0 Å². The molecule has 1 aliphatic rings. The molecule has 1 fully saturated rings. The third kappa shape index (κ3) is 2.13. The van der Waals surface area contributed by atoms with Crippen molar-refractivity contribution in [2.24, 2.45) is 0 Å². The van der Waals surface area contributed by atoms with Gasteiger partial charge in [-0.25, -0.2) is 0 Å². The molecular formula is C12H18N2. The van der Waals surface area contributed by atoms with Gasteiger partial charge in [-0.1, -0.05) is 6.92 Å². The standard InChI is InChI=1S/C12H18N2/c1-2-10-9-13-7-5-11(10)8-12-4-3-6-14-12/h5,7,9,12,14H,2-4,6,8H2,1H3. The van der Waals surface area contributed by atoms with E-state index in [0.29, 0.717) is 6.04 Å². The van der Waals surface area contributed by atoms with Gasteiger partial charge < -0.3 is 5.32 Å². The Hall–Kier alpha value is -0.890. The summed E-state index contributed by atoms with van der Waals surface area (Å²) in [5.41, 5.74) is 2.88. The molecule has 1 unspecified atom stereocenters. The van der Waals surface area contributed by atoms with E-state index in [1.807, 2.05) is 12.4 Å². The summed E-state index contributed by atoms with van der Waals surface area (Å²) in [7, 11) is 0. The van der Waals surface area contributed by atoms with Crippen molar-refractivity contribution in [1.82, 2.24) is 10.3 Å². The minimum atomic E-state index is 0.697. The summed E-state index contributed by atoms with van der Waals surface area (Å²) >= 11 is 0. The summed E-state index contributed by atoms with van der Waals surface area (Å²) < 4.78 is 0. The molecule has 0 saturated carbocycles. The van der Waals surface area contributed by atoms with Gasteiger partial charge in [-0.15, -0.1) is 0 Å². The number of aromatic nitrogens is 1. The highest BCUT2D eigenvalue weighted by atomic mass is 14.9. The largest absolute Gasteiger partial charge is 0.314 e. The molecule has 76 valence electrons.